The molecule has 0 spiro atoms. The number of rotatable bonds is 7. The molecular formula is C17H27N. The van der Waals surface area contributed by atoms with E-state index in [9.17, 15) is 0 Å². The molecule has 1 aromatic rings. The Labute approximate surface area is 112 Å². The molecule has 1 N–H and O–H groups in total. The van der Waals surface area contributed by atoms with E-state index in [4.69, 9.17) is 0 Å². The lowest BCUT2D eigenvalue weighted by molar-refractivity contribution is 0.273. The van der Waals surface area contributed by atoms with Gasteiger partial charge in [0.15, 0.2) is 0 Å². The van der Waals surface area contributed by atoms with E-state index in [-0.39, 0.29) is 0 Å². The third-order valence-electron chi connectivity index (χ3n) is 4.13. The molecule has 2 rings (SSSR count). The molecule has 0 radical (unpaired) electrons. The lowest BCUT2D eigenvalue weighted by Crippen LogP contribution is -2.35. The summed E-state index contributed by atoms with van der Waals surface area (Å²) >= 11 is 0. The molecule has 1 heteroatoms. The van der Waals surface area contributed by atoms with E-state index in [0.717, 1.165) is 6.04 Å². The predicted octanol–water partition coefficient (Wildman–Crippen LogP) is 4.10. The predicted molar refractivity (Wildman–Crippen MR) is 78.9 cm³/mol. The summed E-state index contributed by atoms with van der Waals surface area (Å²) in [6.45, 7) is 8.14. The maximum atomic E-state index is 3.72. The van der Waals surface area contributed by atoms with Gasteiger partial charge in [-0.05, 0) is 49.1 Å². The van der Waals surface area contributed by atoms with Crippen molar-refractivity contribution in [3.8, 4) is 0 Å². The van der Waals surface area contributed by atoms with Crippen molar-refractivity contribution in [3.63, 3.8) is 0 Å². The van der Waals surface area contributed by atoms with Crippen LogP contribution in [0.15, 0.2) is 24.3 Å². The summed E-state index contributed by atoms with van der Waals surface area (Å²) in [5.74, 6) is 0. The van der Waals surface area contributed by atoms with E-state index in [1.165, 1.54) is 49.8 Å². The Kier molecular flexibility index (Phi) is 4.45. The van der Waals surface area contributed by atoms with Gasteiger partial charge in [0, 0.05) is 12.6 Å². The molecule has 1 aromatic carbocycles. The Morgan fingerprint density at radius 2 is 2.00 bits per heavy atom. The van der Waals surface area contributed by atoms with Crippen molar-refractivity contribution in [1.82, 2.24) is 5.32 Å². The second-order valence-corrected chi connectivity index (χ2v) is 6.32. The van der Waals surface area contributed by atoms with Crippen molar-refractivity contribution >= 4 is 0 Å². The summed E-state index contributed by atoms with van der Waals surface area (Å²) < 4.78 is 0. The van der Waals surface area contributed by atoms with Gasteiger partial charge in [-0.25, -0.2) is 0 Å². The van der Waals surface area contributed by atoms with Gasteiger partial charge in [-0.2, -0.15) is 0 Å². The first-order valence-corrected chi connectivity index (χ1v) is 7.41. The minimum Gasteiger partial charge on any atom is -0.313 e. The van der Waals surface area contributed by atoms with Crippen molar-refractivity contribution in [2.24, 2.45) is 5.41 Å². The molecule has 0 amide bonds. The topological polar surface area (TPSA) is 12.0 Å². The molecule has 1 nitrogen and oxygen atoms in total. The van der Waals surface area contributed by atoms with Crippen molar-refractivity contribution < 1.29 is 0 Å². The van der Waals surface area contributed by atoms with E-state index in [1.54, 1.807) is 0 Å². The summed E-state index contributed by atoms with van der Waals surface area (Å²) in [4.78, 5) is 0. The van der Waals surface area contributed by atoms with Crippen LogP contribution in [0.4, 0.5) is 0 Å². The van der Waals surface area contributed by atoms with Crippen molar-refractivity contribution in [1.29, 1.82) is 0 Å². The van der Waals surface area contributed by atoms with Gasteiger partial charge in [0.25, 0.3) is 0 Å². The molecule has 1 fully saturated rings. The third-order valence-corrected chi connectivity index (χ3v) is 4.13. The fraction of sp³-hybridized carbons (Fsp3) is 0.647. The van der Waals surface area contributed by atoms with Crippen LogP contribution in [0.5, 0.6) is 0 Å². The van der Waals surface area contributed by atoms with E-state index in [1.807, 2.05) is 0 Å². The zero-order valence-corrected chi connectivity index (χ0v) is 12.1. The Balaban J connectivity index is 2.01. The summed E-state index contributed by atoms with van der Waals surface area (Å²) in [7, 11) is 0. The summed E-state index contributed by atoms with van der Waals surface area (Å²) in [5, 5.41) is 3.72. The quantitative estimate of drug-likeness (QED) is 0.762. The fourth-order valence-electron chi connectivity index (χ4n) is 2.79. The number of aryl methyl sites for hydroxylation is 1. The van der Waals surface area contributed by atoms with E-state index in [0.29, 0.717) is 5.41 Å². The third kappa shape index (κ3) is 3.84. The van der Waals surface area contributed by atoms with Crippen molar-refractivity contribution in [2.45, 2.75) is 58.9 Å². The monoisotopic (exact) mass is 245 g/mol. The van der Waals surface area contributed by atoms with Crippen LogP contribution < -0.4 is 5.32 Å². The zero-order valence-electron chi connectivity index (χ0n) is 12.1. The molecule has 1 saturated carbocycles. The van der Waals surface area contributed by atoms with Gasteiger partial charge in [-0.1, -0.05) is 44.5 Å². The van der Waals surface area contributed by atoms with Crippen molar-refractivity contribution in [3.05, 3.63) is 35.4 Å². The molecule has 0 heterocycles. The highest BCUT2D eigenvalue weighted by molar-refractivity contribution is 5.26. The second kappa shape index (κ2) is 5.88. The molecule has 100 valence electrons. The van der Waals surface area contributed by atoms with Crippen LogP contribution in [0.2, 0.25) is 0 Å². The molecule has 0 aliphatic heterocycles. The largest absolute Gasteiger partial charge is 0.313 e. The smallest absolute Gasteiger partial charge is 0.00684 e. The summed E-state index contributed by atoms with van der Waals surface area (Å²) in [5.41, 5.74) is 3.36. The fourth-order valence-corrected chi connectivity index (χ4v) is 2.79. The Hall–Kier alpha value is -0.820. The van der Waals surface area contributed by atoms with Crippen LogP contribution in [-0.4, -0.2) is 12.6 Å². The molecule has 0 bridgehead atoms. The molecule has 1 atom stereocenters. The lowest BCUT2D eigenvalue weighted by atomic mass is 9.78. The minimum atomic E-state index is 0.406. The highest BCUT2D eigenvalue weighted by Gasteiger charge is 2.28. The SMILES string of the molecule is CCCC(C)(CNC1CC1)Cc1ccccc1C. The van der Waals surface area contributed by atoms with E-state index >= 15 is 0 Å². The Morgan fingerprint density at radius 1 is 1.28 bits per heavy atom. The van der Waals surface area contributed by atoms with Gasteiger partial charge in [0.2, 0.25) is 0 Å². The first kappa shape index (κ1) is 13.6. The van der Waals surface area contributed by atoms with Crippen LogP contribution >= 0.6 is 0 Å². The average Bonchev–Trinajstić information content (AvgIpc) is 3.14. The van der Waals surface area contributed by atoms with Crippen LogP contribution in [-0.2, 0) is 6.42 Å². The maximum absolute atomic E-state index is 3.72. The molecule has 18 heavy (non-hydrogen) atoms. The molecular weight excluding hydrogens is 218 g/mol. The van der Waals surface area contributed by atoms with Gasteiger partial charge >= 0.3 is 0 Å². The molecule has 1 aliphatic carbocycles. The molecule has 0 saturated heterocycles. The Bertz CT molecular complexity index is 381. The number of hydrogen-bond acceptors (Lipinski definition) is 1. The van der Waals surface area contributed by atoms with Crippen LogP contribution in [0.1, 0.15) is 50.7 Å². The average molecular weight is 245 g/mol. The normalized spacial score (nSPS) is 18.6. The van der Waals surface area contributed by atoms with Crippen LogP contribution in [0, 0.1) is 12.3 Å². The number of hydrogen-bond donors (Lipinski definition) is 1. The minimum absolute atomic E-state index is 0.406. The van der Waals surface area contributed by atoms with E-state index < -0.39 is 0 Å². The van der Waals surface area contributed by atoms with E-state index in [2.05, 4.69) is 50.4 Å². The van der Waals surface area contributed by atoms with Crippen LogP contribution in [0.3, 0.4) is 0 Å². The van der Waals surface area contributed by atoms with Gasteiger partial charge in [0.1, 0.15) is 0 Å². The molecule has 1 aliphatic rings. The van der Waals surface area contributed by atoms with Crippen LogP contribution in [0.25, 0.3) is 0 Å². The van der Waals surface area contributed by atoms with Crippen molar-refractivity contribution in [2.75, 3.05) is 6.54 Å². The first-order valence-electron chi connectivity index (χ1n) is 7.41. The summed E-state index contributed by atoms with van der Waals surface area (Å²) in [6.07, 6.45) is 6.54. The summed E-state index contributed by atoms with van der Waals surface area (Å²) in [6, 6.07) is 9.65. The second-order valence-electron chi connectivity index (χ2n) is 6.32. The lowest BCUT2D eigenvalue weighted by Gasteiger charge is -2.30. The van der Waals surface area contributed by atoms with Gasteiger partial charge in [-0.15, -0.1) is 0 Å². The van der Waals surface area contributed by atoms with Gasteiger partial charge in [0.05, 0.1) is 0 Å². The maximum Gasteiger partial charge on any atom is 0.00684 e. The zero-order chi connectivity index (χ0) is 13.0. The number of nitrogens with one attached hydrogen (secondary N) is 1. The standard InChI is InChI=1S/C17H27N/c1-4-11-17(3,13-18-16-9-10-16)12-15-8-6-5-7-14(15)2/h5-8,16,18H,4,9-13H2,1-3H3. The molecule has 1 unspecified atom stereocenters. The molecule has 0 aromatic heterocycles. The highest BCUT2D eigenvalue weighted by Crippen LogP contribution is 2.30. The van der Waals surface area contributed by atoms with Gasteiger partial charge < -0.3 is 5.32 Å². The number of benzene rings is 1. The Morgan fingerprint density at radius 3 is 2.61 bits per heavy atom. The van der Waals surface area contributed by atoms with Gasteiger partial charge in [-0.3, -0.25) is 0 Å². The first-order chi connectivity index (χ1) is 8.63. The highest BCUT2D eigenvalue weighted by atomic mass is 15.0.